The fourth-order valence-corrected chi connectivity index (χ4v) is 2.06. The van der Waals surface area contributed by atoms with E-state index in [2.05, 4.69) is 10.1 Å². The molecule has 2 atom stereocenters. The van der Waals surface area contributed by atoms with E-state index in [1.807, 2.05) is 0 Å². The fraction of sp³-hybridized carbons (Fsp3) is 0.727. The number of carbonyl (C=O) groups is 3. The Morgan fingerprint density at radius 1 is 1.59 bits per heavy atom. The molecule has 1 amide bonds. The number of nitrogens with one attached hydrogen (secondary N) is 1. The third-order valence-corrected chi connectivity index (χ3v) is 2.91. The molecule has 0 aromatic carbocycles. The maximum atomic E-state index is 11.5. The van der Waals surface area contributed by atoms with Crippen molar-refractivity contribution in [1.82, 2.24) is 5.32 Å². The van der Waals surface area contributed by atoms with E-state index in [0.29, 0.717) is 19.3 Å². The lowest BCUT2D eigenvalue weighted by molar-refractivity contribution is -0.147. The summed E-state index contributed by atoms with van der Waals surface area (Å²) in [6.45, 7) is -0.686. The molecule has 0 radical (unpaired) electrons. The summed E-state index contributed by atoms with van der Waals surface area (Å²) in [7, 11) is 1.23. The average molecular weight is 243 g/mol. The van der Waals surface area contributed by atoms with Crippen molar-refractivity contribution >= 4 is 17.7 Å². The van der Waals surface area contributed by atoms with Crippen LogP contribution in [0.3, 0.4) is 0 Å². The molecule has 1 aliphatic rings. The summed E-state index contributed by atoms with van der Waals surface area (Å²) >= 11 is 0. The molecule has 0 spiro atoms. The van der Waals surface area contributed by atoms with Gasteiger partial charge in [-0.2, -0.15) is 0 Å². The Kier molecular flexibility index (Phi) is 5.09. The number of carbonyl (C=O) groups excluding carboxylic acids is 3. The zero-order valence-electron chi connectivity index (χ0n) is 9.77. The predicted octanol–water partition coefficient (Wildman–Crippen LogP) is -0.604. The van der Waals surface area contributed by atoms with Crippen LogP contribution in [-0.4, -0.2) is 42.5 Å². The van der Waals surface area contributed by atoms with E-state index in [4.69, 9.17) is 5.11 Å². The second-order valence-electron chi connectivity index (χ2n) is 4.12. The molecule has 2 N–H and O–H groups in total. The molecule has 1 aliphatic carbocycles. The highest BCUT2D eigenvalue weighted by Gasteiger charge is 2.33. The highest BCUT2D eigenvalue weighted by atomic mass is 16.5. The highest BCUT2D eigenvalue weighted by Crippen LogP contribution is 2.25. The van der Waals surface area contributed by atoms with Crippen molar-refractivity contribution in [2.45, 2.75) is 31.7 Å². The molecule has 96 valence electrons. The quantitative estimate of drug-likeness (QED) is 0.643. The van der Waals surface area contributed by atoms with Crippen LogP contribution in [0, 0.1) is 5.92 Å². The molecule has 1 rings (SSSR count). The number of Topliss-reactive ketones (excluding diaryl/α,β-unsaturated/α-hetero) is 1. The SMILES string of the molecule is COC(=O)[C@H](NC(=O)CO)[C@@H]1CCCC(=O)C1. The zero-order valence-corrected chi connectivity index (χ0v) is 9.77. The smallest absolute Gasteiger partial charge is 0.328 e. The Balaban J connectivity index is 2.70. The van der Waals surface area contributed by atoms with Crippen LogP contribution in [0.15, 0.2) is 0 Å². The topological polar surface area (TPSA) is 92.7 Å². The normalized spacial score (nSPS) is 21.8. The number of methoxy groups -OCH3 is 1. The lowest BCUT2D eigenvalue weighted by Gasteiger charge is -2.28. The van der Waals surface area contributed by atoms with E-state index in [9.17, 15) is 14.4 Å². The second-order valence-corrected chi connectivity index (χ2v) is 4.12. The van der Waals surface area contributed by atoms with Crippen LogP contribution < -0.4 is 5.32 Å². The summed E-state index contributed by atoms with van der Waals surface area (Å²) < 4.78 is 4.60. The van der Waals surface area contributed by atoms with E-state index in [-0.39, 0.29) is 18.1 Å². The standard InChI is InChI=1S/C11H17NO5/c1-17-11(16)10(12-9(15)6-13)7-3-2-4-8(14)5-7/h7,10,13H,2-6H2,1H3,(H,12,15)/t7-,10-/m1/s1. The van der Waals surface area contributed by atoms with Gasteiger partial charge in [0.15, 0.2) is 0 Å². The van der Waals surface area contributed by atoms with Crippen LogP contribution in [0.5, 0.6) is 0 Å². The number of rotatable bonds is 4. The first-order chi connectivity index (χ1) is 8.08. The third kappa shape index (κ3) is 3.81. The first kappa shape index (κ1) is 13.6. The number of esters is 1. The molecule has 0 aromatic rings. The molecule has 0 aromatic heterocycles. The molecule has 0 bridgehead atoms. The van der Waals surface area contributed by atoms with Gasteiger partial charge < -0.3 is 15.2 Å². The van der Waals surface area contributed by atoms with Crippen LogP contribution >= 0.6 is 0 Å². The number of hydrogen-bond acceptors (Lipinski definition) is 5. The van der Waals surface area contributed by atoms with Gasteiger partial charge >= 0.3 is 5.97 Å². The minimum absolute atomic E-state index is 0.0911. The summed E-state index contributed by atoms with van der Waals surface area (Å²) in [6.07, 6.45) is 2.20. The predicted molar refractivity (Wildman–Crippen MR) is 58.0 cm³/mol. The Bertz CT molecular complexity index is 315. The summed E-state index contributed by atoms with van der Waals surface area (Å²) in [4.78, 5) is 34.0. The van der Waals surface area contributed by atoms with Gasteiger partial charge in [0, 0.05) is 12.8 Å². The maximum absolute atomic E-state index is 11.5. The number of ether oxygens (including phenoxy) is 1. The number of aliphatic hydroxyl groups excluding tert-OH is 1. The second kappa shape index (κ2) is 6.34. The first-order valence-corrected chi connectivity index (χ1v) is 5.58. The first-order valence-electron chi connectivity index (χ1n) is 5.58. The van der Waals surface area contributed by atoms with Gasteiger partial charge in [-0.05, 0) is 18.8 Å². The van der Waals surface area contributed by atoms with Gasteiger partial charge in [0.2, 0.25) is 5.91 Å². The number of ketones is 1. The van der Waals surface area contributed by atoms with Gasteiger partial charge in [-0.15, -0.1) is 0 Å². The molecule has 1 saturated carbocycles. The van der Waals surface area contributed by atoms with Gasteiger partial charge in [0.25, 0.3) is 0 Å². The minimum Gasteiger partial charge on any atom is -0.467 e. The van der Waals surface area contributed by atoms with Crippen LogP contribution in [0.1, 0.15) is 25.7 Å². The molecule has 0 aliphatic heterocycles. The molecular formula is C11H17NO5. The molecular weight excluding hydrogens is 226 g/mol. The van der Waals surface area contributed by atoms with Crippen LogP contribution in [0.4, 0.5) is 0 Å². The Morgan fingerprint density at radius 2 is 2.29 bits per heavy atom. The van der Waals surface area contributed by atoms with Crippen molar-refractivity contribution in [2.24, 2.45) is 5.92 Å². The average Bonchev–Trinajstić information content (AvgIpc) is 2.34. The number of hydrogen-bond donors (Lipinski definition) is 2. The number of aliphatic hydroxyl groups is 1. The lowest BCUT2D eigenvalue weighted by Crippen LogP contribution is -2.48. The fourth-order valence-electron chi connectivity index (χ4n) is 2.06. The van der Waals surface area contributed by atoms with E-state index in [0.717, 1.165) is 0 Å². The van der Waals surface area contributed by atoms with Crippen molar-refractivity contribution in [1.29, 1.82) is 0 Å². The summed E-state index contributed by atoms with van der Waals surface area (Å²) in [5.41, 5.74) is 0. The summed E-state index contributed by atoms with van der Waals surface area (Å²) in [6, 6.07) is -0.844. The van der Waals surface area contributed by atoms with Gasteiger partial charge in [-0.3, -0.25) is 9.59 Å². The molecule has 0 saturated heterocycles. The van der Waals surface area contributed by atoms with Crippen molar-refractivity contribution in [3.05, 3.63) is 0 Å². The Hall–Kier alpha value is -1.43. The van der Waals surface area contributed by atoms with Crippen molar-refractivity contribution in [2.75, 3.05) is 13.7 Å². The third-order valence-electron chi connectivity index (χ3n) is 2.91. The monoisotopic (exact) mass is 243 g/mol. The van der Waals surface area contributed by atoms with Gasteiger partial charge in [0.1, 0.15) is 18.4 Å². The molecule has 0 heterocycles. The lowest BCUT2D eigenvalue weighted by atomic mass is 9.83. The molecule has 1 fully saturated rings. The van der Waals surface area contributed by atoms with Crippen molar-refractivity contribution in [3.63, 3.8) is 0 Å². The van der Waals surface area contributed by atoms with Gasteiger partial charge in [0.05, 0.1) is 7.11 Å². The Labute approximate surface area is 99.3 Å². The van der Waals surface area contributed by atoms with Crippen LogP contribution in [0.25, 0.3) is 0 Å². The van der Waals surface area contributed by atoms with Gasteiger partial charge in [-0.1, -0.05) is 0 Å². The van der Waals surface area contributed by atoms with Crippen molar-refractivity contribution < 1.29 is 24.2 Å². The minimum atomic E-state index is -0.844. The number of amides is 1. The summed E-state index contributed by atoms with van der Waals surface area (Å²) in [5.74, 6) is -1.36. The Morgan fingerprint density at radius 3 is 2.82 bits per heavy atom. The van der Waals surface area contributed by atoms with E-state index in [1.54, 1.807) is 0 Å². The molecule has 6 nitrogen and oxygen atoms in total. The van der Waals surface area contributed by atoms with Gasteiger partial charge in [-0.25, -0.2) is 4.79 Å². The zero-order chi connectivity index (χ0) is 12.8. The van der Waals surface area contributed by atoms with E-state index < -0.39 is 24.5 Å². The van der Waals surface area contributed by atoms with E-state index >= 15 is 0 Å². The highest BCUT2D eigenvalue weighted by molar-refractivity contribution is 5.86. The van der Waals surface area contributed by atoms with Crippen LogP contribution in [0.2, 0.25) is 0 Å². The van der Waals surface area contributed by atoms with Crippen molar-refractivity contribution in [3.8, 4) is 0 Å². The van der Waals surface area contributed by atoms with E-state index in [1.165, 1.54) is 7.11 Å². The maximum Gasteiger partial charge on any atom is 0.328 e. The molecule has 17 heavy (non-hydrogen) atoms. The molecule has 0 unspecified atom stereocenters. The largest absolute Gasteiger partial charge is 0.467 e. The van der Waals surface area contributed by atoms with Crippen LogP contribution in [-0.2, 0) is 19.1 Å². The molecule has 6 heteroatoms. The summed E-state index contributed by atoms with van der Waals surface area (Å²) in [5, 5.41) is 11.0.